The Balaban J connectivity index is 1.77. The molecule has 0 amide bonds. The molecule has 0 aliphatic carbocycles. The summed E-state index contributed by atoms with van der Waals surface area (Å²) in [7, 11) is 0. The van der Waals surface area contributed by atoms with Crippen molar-refractivity contribution in [3.63, 3.8) is 0 Å². The normalized spacial score (nSPS) is 10.7. The number of ketones is 1. The Bertz CT molecular complexity index is 1010. The molecule has 0 aliphatic heterocycles. The van der Waals surface area contributed by atoms with Crippen LogP contribution in [-0.2, 0) is 4.74 Å². The van der Waals surface area contributed by atoms with E-state index >= 15 is 0 Å². The number of carbonyl (C=O) groups is 2. The molecule has 3 aromatic rings. The second kappa shape index (κ2) is 7.99. The van der Waals surface area contributed by atoms with Gasteiger partial charge in [0.25, 0.3) is 0 Å². The van der Waals surface area contributed by atoms with Gasteiger partial charge in [0, 0.05) is 27.7 Å². The molecule has 2 aromatic carbocycles. The summed E-state index contributed by atoms with van der Waals surface area (Å²) in [4.78, 5) is 24.8. The fourth-order valence-corrected chi connectivity index (χ4v) is 3.34. The molecule has 0 radical (unpaired) electrons. The predicted molar refractivity (Wildman–Crippen MR) is 106 cm³/mol. The molecule has 6 heteroatoms. The molecule has 0 bridgehead atoms. The predicted octanol–water partition coefficient (Wildman–Crippen LogP) is 5.44. The molecule has 0 unspecified atom stereocenters. The number of halogens is 2. The van der Waals surface area contributed by atoms with Crippen LogP contribution >= 0.6 is 23.2 Å². The number of hydrogen-bond acceptors (Lipinski definition) is 3. The van der Waals surface area contributed by atoms with Crippen molar-refractivity contribution in [2.75, 3.05) is 6.61 Å². The maximum Gasteiger partial charge on any atom is 0.340 e. The number of aromatic nitrogens is 1. The summed E-state index contributed by atoms with van der Waals surface area (Å²) in [5.41, 5.74) is 3.24. The molecule has 1 aromatic heterocycles. The van der Waals surface area contributed by atoms with Gasteiger partial charge in [-0.3, -0.25) is 4.79 Å². The van der Waals surface area contributed by atoms with Gasteiger partial charge in [-0.2, -0.15) is 0 Å². The Morgan fingerprint density at radius 3 is 2.37 bits per heavy atom. The van der Waals surface area contributed by atoms with Crippen LogP contribution in [0.3, 0.4) is 0 Å². The lowest BCUT2D eigenvalue weighted by Crippen LogP contribution is -2.15. The maximum absolute atomic E-state index is 12.5. The van der Waals surface area contributed by atoms with E-state index in [9.17, 15) is 9.59 Å². The Morgan fingerprint density at radius 1 is 0.963 bits per heavy atom. The van der Waals surface area contributed by atoms with Gasteiger partial charge in [-0.05, 0) is 50.2 Å². The number of rotatable bonds is 5. The highest BCUT2D eigenvalue weighted by Gasteiger charge is 2.20. The van der Waals surface area contributed by atoms with Gasteiger partial charge in [0.05, 0.1) is 10.6 Å². The van der Waals surface area contributed by atoms with Crippen LogP contribution in [0.15, 0.2) is 54.6 Å². The van der Waals surface area contributed by atoms with E-state index in [1.807, 2.05) is 48.7 Å². The first-order valence-electron chi connectivity index (χ1n) is 8.28. The highest BCUT2D eigenvalue weighted by Crippen LogP contribution is 2.23. The average Bonchev–Trinajstić information content (AvgIpc) is 2.96. The van der Waals surface area contributed by atoms with Gasteiger partial charge in [0.15, 0.2) is 6.61 Å². The van der Waals surface area contributed by atoms with Gasteiger partial charge in [0.2, 0.25) is 5.78 Å². The van der Waals surface area contributed by atoms with Crippen molar-refractivity contribution in [1.82, 2.24) is 4.57 Å². The summed E-state index contributed by atoms with van der Waals surface area (Å²) < 4.78 is 7.19. The summed E-state index contributed by atoms with van der Waals surface area (Å²) in [6.07, 6.45) is 0. The number of aryl methyl sites for hydroxylation is 1. The van der Waals surface area contributed by atoms with Gasteiger partial charge in [-0.1, -0.05) is 41.4 Å². The number of hydrogen-bond donors (Lipinski definition) is 0. The molecule has 0 atom stereocenters. The van der Waals surface area contributed by atoms with Gasteiger partial charge >= 0.3 is 5.97 Å². The standard InChI is InChI=1S/C21H17Cl2NO3/c1-13-10-17(14(2)24(13)16-6-4-3-5-7-16)21(26)27-12-20(25)18-11-15(22)8-9-19(18)23/h3-11H,12H2,1-2H3. The molecule has 4 nitrogen and oxygen atoms in total. The smallest absolute Gasteiger partial charge is 0.340 e. The molecule has 27 heavy (non-hydrogen) atoms. The summed E-state index contributed by atoms with van der Waals surface area (Å²) >= 11 is 11.9. The van der Waals surface area contributed by atoms with E-state index in [2.05, 4.69) is 0 Å². The van der Waals surface area contributed by atoms with Crippen molar-refractivity contribution in [1.29, 1.82) is 0 Å². The van der Waals surface area contributed by atoms with Crippen molar-refractivity contribution in [2.45, 2.75) is 13.8 Å². The number of esters is 1. The van der Waals surface area contributed by atoms with Crippen LogP contribution in [0.5, 0.6) is 0 Å². The molecule has 0 saturated carbocycles. The number of para-hydroxylation sites is 1. The van der Waals surface area contributed by atoms with E-state index in [-0.39, 0.29) is 10.6 Å². The van der Waals surface area contributed by atoms with Crippen molar-refractivity contribution in [3.8, 4) is 5.69 Å². The molecule has 0 aliphatic rings. The molecular weight excluding hydrogens is 385 g/mol. The zero-order chi connectivity index (χ0) is 19.6. The Labute approximate surface area is 167 Å². The van der Waals surface area contributed by atoms with Crippen LogP contribution < -0.4 is 0 Å². The number of ether oxygens (including phenoxy) is 1. The van der Waals surface area contributed by atoms with Crippen molar-refractivity contribution in [3.05, 3.63) is 87.2 Å². The Hall–Kier alpha value is -2.56. The van der Waals surface area contributed by atoms with E-state index in [1.165, 1.54) is 12.1 Å². The SMILES string of the molecule is Cc1cc(C(=O)OCC(=O)c2cc(Cl)ccc2Cl)c(C)n1-c1ccccc1. The minimum atomic E-state index is -0.559. The highest BCUT2D eigenvalue weighted by molar-refractivity contribution is 6.36. The van der Waals surface area contributed by atoms with Gasteiger partial charge in [-0.25, -0.2) is 4.79 Å². The molecule has 138 valence electrons. The second-order valence-corrected chi connectivity index (χ2v) is 6.92. The van der Waals surface area contributed by atoms with Crippen molar-refractivity contribution in [2.24, 2.45) is 0 Å². The molecule has 1 heterocycles. The minimum absolute atomic E-state index is 0.228. The van der Waals surface area contributed by atoms with Crippen LogP contribution in [0.4, 0.5) is 0 Å². The third-order valence-corrected chi connectivity index (χ3v) is 4.79. The lowest BCUT2D eigenvalue weighted by molar-refractivity contribution is 0.0474. The summed E-state index contributed by atoms with van der Waals surface area (Å²) in [6.45, 7) is 3.34. The van der Waals surface area contributed by atoms with Gasteiger partial charge < -0.3 is 9.30 Å². The van der Waals surface area contributed by atoms with Crippen LogP contribution in [0.25, 0.3) is 5.69 Å². The Morgan fingerprint density at radius 2 is 1.67 bits per heavy atom. The monoisotopic (exact) mass is 401 g/mol. The molecule has 0 N–H and O–H groups in total. The second-order valence-electron chi connectivity index (χ2n) is 6.08. The van der Waals surface area contributed by atoms with E-state index < -0.39 is 18.4 Å². The van der Waals surface area contributed by atoms with Crippen LogP contribution in [-0.4, -0.2) is 22.9 Å². The van der Waals surface area contributed by atoms with E-state index in [0.717, 1.165) is 17.1 Å². The van der Waals surface area contributed by atoms with Crippen molar-refractivity contribution < 1.29 is 14.3 Å². The van der Waals surface area contributed by atoms with Crippen molar-refractivity contribution >= 4 is 35.0 Å². The van der Waals surface area contributed by atoms with Crippen LogP contribution in [0.2, 0.25) is 10.0 Å². The fourth-order valence-electron chi connectivity index (χ4n) is 2.94. The quantitative estimate of drug-likeness (QED) is 0.422. The third kappa shape index (κ3) is 4.07. The number of carbonyl (C=O) groups excluding carboxylic acids is 2. The largest absolute Gasteiger partial charge is 0.454 e. The maximum atomic E-state index is 12.5. The minimum Gasteiger partial charge on any atom is -0.454 e. The number of benzene rings is 2. The van der Waals surface area contributed by atoms with E-state index in [4.69, 9.17) is 27.9 Å². The number of Topliss-reactive ketones (excluding diaryl/α,β-unsaturated/α-hetero) is 1. The topological polar surface area (TPSA) is 48.3 Å². The first-order chi connectivity index (χ1) is 12.9. The Kier molecular flexibility index (Phi) is 5.68. The fraction of sp³-hybridized carbons (Fsp3) is 0.143. The molecule has 0 fully saturated rings. The van der Waals surface area contributed by atoms with E-state index in [0.29, 0.717) is 10.6 Å². The zero-order valence-electron chi connectivity index (χ0n) is 14.8. The van der Waals surface area contributed by atoms with Crippen LogP contribution in [0, 0.1) is 13.8 Å². The summed E-state index contributed by atoms with van der Waals surface area (Å²) in [6, 6.07) is 16.0. The molecule has 0 spiro atoms. The lowest BCUT2D eigenvalue weighted by atomic mass is 10.1. The van der Waals surface area contributed by atoms with Gasteiger partial charge in [0.1, 0.15) is 0 Å². The molecule has 3 rings (SSSR count). The average molecular weight is 402 g/mol. The van der Waals surface area contributed by atoms with E-state index in [1.54, 1.807) is 12.1 Å². The zero-order valence-corrected chi connectivity index (χ0v) is 16.3. The van der Waals surface area contributed by atoms with Gasteiger partial charge in [-0.15, -0.1) is 0 Å². The number of nitrogens with zero attached hydrogens (tertiary/aromatic N) is 1. The lowest BCUT2D eigenvalue weighted by Gasteiger charge is -2.10. The first kappa shape index (κ1) is 19.2. The molecular formula is C21H17Cl2NO3. The summed E-state index contributed by atoms with van der Waals surface area (Å²) in [5, 5.41) is 0.656. The summed E-state index contributed by atoms with van der Waals surface area (Å²) in [5.74, 6) is -0.968. The third-order valence-electron chi connectivity index (χ3n) is 4.23. The van der Waals surface area contributed by atoms with Crippen LogP contribution in [0.1, 0.15) is 32.1 Å². The highest BCUT2D eigenvalue weighted by atomic mass is 35.5. The molecule has 0 saturated heterocycles. The first-order valence-corrected chi connectivity index (χ1v) is 9.04.